The van der Waals surface area contributed by atoms with E-state index in [1.54, 1.807) is 0 Å². The maximum Gasteiger partial charge on any atom is 0.151 e. The van der Waals surface area contributed by atoms with Gasteiger partial charge in [0, 0.05) is 6.66 Å². The Hall–Kier alpha value is -0.310. The van der Waals surface area contributed by atoms with E-state index in [0.717, 1.165) is 0 Å². The van der Waals surface area contributed by atoms with Crippen LogP contribution in [-0.4, -0.2) is 30.5 Å². The van der Waals surface area contributed by atoms with Crippen LogP contribution in [0.3, 0.4) is 0 Å². The molecule has 1 heterocycles. The Morgan fingerprint density at radius 2 is 2.08 bits per heavy atom. The van der Waals surface area contributed by atoms with Gasteiger partial charge in [0.15, 0.2) is 6.10 Å². The molecule has 0 aliphatic carbocycles. The highest BCUT2D eigenvalue weighted by atomic mass is 32.4. The Morgan fingerprint density at radius 3 is 2.42 bits per heavy atom. The topological polar surface area (TPSA) is 12.5 Å². The Balaban J connectivity index is 2.99. The summed E-state index contributed by atoms with van der Waals surface area (Å²) in [7, 11) is 1.86. The van der Waals surface area contributed by atoms with Crippen molar-refractivity contribution < 1.29 is 4.52 Å². The van der Waals surface area contributed by atoms with Gasteiger partial charge >= 0.3 is 0 Å². The minimum absolute atomic E-state index is 0.161. The summed E-state index contributed by atoms with van der Waals surface area (Å²) in [5.74, 6) is 5.10. The number of hydrogen-bond donors (Lipinski definition) is 0. The molecule has 0 spiro atoms. The van der Waals surface area contributed by atoms with Gasteiger partial charge in [-0.15, -0.1) is 12.8 Å². The molecule has 64 valence electrons. The minimum Gasteiger partial charge on any atom is -0.319 e. The fourth-order valence-electron chi connectivity index (χ4n) is 1.08. The highest BCUT2D eigenvalue weighted by molar-refractivity contribution is 8.10. The van der Waals surface area contributed by atoms with Crippen LogP contribution in [0.4, 0.5) is 0 Å². The van der Waals surface area contributed by atoms with Crippen LogP contribution in [0.2, 0.25) is 0 Å². The minimum atomic E-state index is -1.90. The number of hydrogen-bond acceptors (Lipinski definition) is 2. The number of terminal acetylenes is 2. The van der Waals surface area contributed by atoms with Crippen molar-refractivity contribution in [1.29, 1.82) is 0 Å². The van der Waals surface area contributed by atoms with Gasteiger partial charge in [-0.2, -0.15) is 0 Å². The molecule has 1 saturated heterocycles. The monoisotopic (exact) mass is 199 g/mol. The summed E-state index contributed by atoms with van der Waals surface area (Å²) in [5.41, 5.74) is 0. The van der Waals surface area contributed by atoms with Crippen LogP contribution < -0.4 is 0 Å². The van der Waals surface area contributed by atoms with Crippen molar-refractivity contribution in [3.8, 4) is 24.7 Å². The van der Waals surface area contributed by atoms with Crippen molar-refractivity contribution in [3.05, 3.63) is 0 Å². The molecular formula is C8H10NOPS. The lowest BCUT2D eigenvalue weighted by Crippen LogP contribution is -2.28. The zero-order chi connectivity index (χ0) is 9.35. The van der Waals surface area contributed by atoms with Gasteiger partial charge in [0.1, 0.15) is 12.5 Å². The molecule has 4 heteroatoms. The molecule has 0 radical (unpaired) electrons. The van der Waals surface area contributed by atoms with Crippen LogP contribution in [0.25, 0.3) is 0 Å². The number of nitrogens with zero attached hydrogens (tertiary/aromatic N) is 1. The molecule has 2 nitrogen and oxygen atoms in total. The summed E-state index contributed by atoms with van der Waals surface area (Å²) in [5, 5.41) is 0. The summed E-state index contributed by atoms with van der Waals surface area (Å²) in [6.45, 7) is 1.88. The zero-order valence-corrected chi connectivity index (χ0v) is 8.73. The third-order valence-corrected chi connectivity index (χ3v) is 4.95. The highest BCUT2D eigenvalue weighted by Crippen LogP contribution is 2.54. The second-order valence-electron chi connectivity index (χ2n) is 2.68. The first-order valence-corrected chi connectivity index (χ1v) is 6.56. The number of rotatable bonds is 0. The first-order valence-electron chi connectivity index (χ1n) is 3.44. The molecule has 1 fully saturated rings. The van der Waals surface area contributed by atoms with E-state index in [1.807, 2.05) is 18.4 Å². The molecule has 3 unspecified atom stereocenters. The van der Waals surface area contributed by atoms with Crippen LogP contribution in [0.5, 0.6) is 0 Å². The van der Waals surface area contributed by atoms with Crippen molar-refractivity contribution in [2.45, 2.75) is 12.1 Å². The molecule has 0 aromatic rings. The molecular weight excluding hydrogens is 189 g/mol. The molecule has 0 aromatic heterocycles. The van der Waals surface area contributed by atoms with E-state index in [9.17, 15) is 0 Å². The van der Waals surface area contributed by atoms with Gasteiger partial charge in [-0.05, 0) is 7.05 Å². The molecule has 1 rings (SSSR count). The second-order valence-corrected chi connectivity index (χ2v) is 7.16. The zero-order valence-electron chi connectivity index (χ0n) is 7.02. The fourth-order valence-corrected chi connectivity index (χ4v) is 3.05. The summed E-state index contributed by atoms with van der Waals surface area (Å²) >= 11 is 5.24. The van der Waals surface area contributed by atoms with Crippen molar-refractivity contribution in [1.82, 2.24) is 4.67 Å². The SMILES string of the molecule is C#CC1OP(C)(=S)N(C)C1C#C. The first kappa shape index (κ1) is 9.78. The van der Waals surface area contributed by atoms with Crippen molar-refractivity contribution in [2.24, 2.45) is 0 Å². The molecule has 1 aliphatic rings. The lowest BCUT2D eigenvalue weighted by Gasteiger charge is -2.18. The predicted octanol–water partition coefficient (Wildman–Crippen LogP) is 0.891. The largest absolute Gasteiger partial charge is 0.319 e. The van der Waals surface area contributed by atoms with E-state index in [2.05, 4.69) is 11.8 Å². The van der Waals surface area contributed by atoms with Gasteiger partial charge in [0.2, 0.25) is 0 Å². The van der Waals surface area contributed by atoms with E-state index >= 15 is 0 Å². The van der Waals surface area contributed by atoms with Gasteiger partial charge in [0.25, 0.3) is 0 Å². The molecule has 0 N–H and O–H groups in total. The standard InChI is InChI=1S/C8H10NOPS/c1-5-7-8(6-2)10-11(4,12)9(7)3/h1-2,7-8H,3-4H3. The maximum atomic E-state index is 5.49. The highest BCUT2D eigenvalue weighted by Gasteiger charge is 2.39. The predicted molar refractivity (Wildman–Crippen MR) is 54.3 cm³/mol. The van der Waals surface area contributed by atoms with Crippen LogP contribution >= 0.6 is 6.42 Å². The summed E-state index contributed by atoms with van der Waals surface area (Å²) in [4.78, 5) is 0. The second kappa shape index (κ2) is 3.21. The van der Waals surface area contributed by atoms with Crippen LogP contribution in [0, 0.1) is 24.7 Å². The Morgan fingerprint density at radius 1 is 1.50 bits per heavy atom. The average molecular weight is 199 g/mol. The van der Waals surface area contributed by atoms with Crippen molar-refractivity contribution in [2.75, 3.05) is 13.7 Å². The molecule has 12 heavy (non-hydrogen) atoms. The number of likely N-dealkylation sites (N-methyl/N-ethyl adjacent to an activating group) is 1. The van der Waals surface area contributed by atoms with Gasteiger partial charge < -0.3 is 4.52 Å². The third-order valence-electron chi connectivity index (χ3n) is 1.91. The Kier molecular flexibility index (Phi) is 2.61. The van der Waals surface area contributed by atoms with Crippen LogP contribution in [0.1, 0.15) is 0 Å². The fraction of sp³-hybridized carbons (Fsp3) is 0.500. The van der Waals surface area contributed by atoms with E-state index in [-0.39, 0.29) is 12.1 Å². The first-order chi connectivity index (χ1) is 5.53. The van der Waals surface area contributed by atoms with Crippen molar-refractivity contribution >= 4 is 18.2 Å². The molecule has 3 atom stereocenters. The van der Waals surface area contributed by atoms with E-state index < -0.39 is 6.42 Å². The smallest absolute Gasteiger partial charge is 0.151 e. The van der Waals surface area contributed by atoms with E-state index in [4.69, 9.17) is 29.2 Å². The van der Waals surface area contributed by atoms with E-state index in [0.29, 0.717) is 0 Å². The third kappa shape index (κ3) is 1.42. The van der Waals surface area contributed by atoms with Crippen LogP contribution in [-0.2, 0) is 16.3 Å². The lowest BCUT2D eigenvalue weighted by atomic mass is 10.2. The van der Waals surface area contributed by atoms with Gasteiger partial charge in [0.05, 0.1) is 0 Å². The summed E-state index contributed by atoms with van der Waals surface area (Å²) in [6.07, 6.45) is 8.34. The molecule has 0 amide bonds. The Bertz CT molecular complexity index is 314. The normalized spacial score (nSPS) is 42.0. The summed E-state index contributed by atoms with van der Waals surface area (Å²) in [6, 6.07) is -0.161. The molecule has 0 saturated carbocycles. The van der Waals surface area contributed by atoms with Crippen LogP contribution in [0.15, 0.2) is 0 Å². The van der Waals surface area contributed by atoms with E-state index in [1.165, 1.54) is 0 Å². The van der Waals surface area contributed by atoms with Gasteiger partial charge in [-0.1, -0.05) is 23.6 Å². The Labute approximate surface area is 78.4 Å². The van der Waals surface area contributed by atoms with Gasteiger partial charge in [-0.25, -0.2) is 4.67 Å². The molecule has 0 aromatic carbocycles. The maximum absolute atomic E-state index is 5.49. The van der Waals surface area contributed by atoms with Crippen molar-refractivity contribution in [3.63, 3.8) is 0 Å². The molecule has 0 bridgehead atoms. The lowest BCUT2D eigenvalue weighted by molar-refractivity contribution is 0.296. The molecule has 1 aliphatic heterocycles. The quantitative estimate of drug-likeness (QED) is 0.424. The van der Waals surface area contributed by atoms with Gasteiger partial charge in [-0.3, -0.25) is 0 Å². The average Bonchev–Trinajstić information content (AvgIpc) is 2.24. The summed E-state index contributed by atoms with van der Waals surface area (Å²) < 4.78 is 7.38.